The van der Waals surface area contributed by atoms with E-state index in [9.17, 15) is 4.79 Å². The smallest absolute Gasteiger partial charge is 0.410 e. The number of nitrogens with zero attached hydrogens (tertiary/aromatic N) is 1. The number of amides is 1. The third-order valence-electron chi connectivity index (χ3n) is 6.50. The summed E-state index contributed by atoms with van der Waals surface area (Å²) in [5.41, 5.74) is 2.09. The highest BCUT2D eigenvalue weighted by Crippen LogP contribution is 2.35. The second kappa shape index (κ2) is 14.3. The van der Waals surface area contributed by atoms with Gasteiger partial charge < -0.3 is 9.64 Å². The maximum absolute atomic E-state index is 12.7. The Labute approximate surface area is 203 Å². The van der Waals surface area contributed by atoms with Crippen molar-refractivity contribution < 1.29 is 9.53 Å². The van der Waals surface area contributed by atoms with E-state index in [-0.39, 0.29) is 6.09 Å². The molecule has 1 aromatic carbocycles. The number of benzene rings is 1. The lowest BCUT2D eigenvalue weighted by Gasteiger charge is -2.37. The molecule has 0 aromatic heterocycles. The summed E-state index contributed by atoms with van der Waals surface area (Å²) in [5.74, 6) is 7.26. The van der Waals surface area contributed by atoms with Crippen molar-refractivity contribution in [2.45, 2.75) is 129 Å². The summed E-state index contributed by atoms with van der Waals surface area (Å²) >= 11 is 0. The van der Waals surface area contributed by atoms with Gasteiger partial charge in [-0.3, -0.25) is 0 Å². The first-order valence-electron chi connectivity index (χ1n) is 13.4. The van der Waals surface area contributed by atoms with Crippen LogP contribution >= 0.6 is 0 Å². The fourth-order valence-corrected chi connectivity index (χ4v) is 4.70. The number of ether oxygens (including phenoxy) is 1. The molecule has 0 heterocycles. The van der Waals surface area contributed by atoms with Gasteiger partial charge in [-0.1, -0.05) is 69.9 Å². The number of carbonyl (C=O) groups is 1. The first-order chi connectivity index (χ1) is 15.8. The Morgan fingerprint density at radius 2 is 1.58 bits per heavy atom. The van der Waals surface area contributed by atoms with Crippen LogP contribution in [0.5, 0.6) is 0 Å². The molecule has 1 aromatic rings. The van der Waals surface area contributed by atoms with Gasteiger partial charge in [-0.25, -0.2) is 4.79 Å². The summed E-state index contributed by atoms with van der Waals surface area (Å²) in [6.45, 7) is 11.0. The van der Waals surface area contributed by atoms with Crippen molar-refractivity contribution in [2.24, 2.45) is 0 Å². The van der Waals surface area contributed by atoms with Crippen LogP contribution in [0.3, 0.4) is 0 Å². The Morgan fingerprint density at radius 1 is 0.939 bits per heavy atom. The fraction of sp³-hybridized carbons (Fsp3) is 0.700. The van der Waals surface area contributed by atoms with E-state index in [2.05, 4.69) is 50.0 Å². The molecule has 3 heteroatoms. The molecule has 0 unspecified atom stereocenters. The van der Waals surface area contributed by atoms with Crippen molar-refractivity contribution in [3.8, 4) is 11.8 Å². The molecule has 1 aliphatic rings. The third-order valence-corrected chi connectivity index (χ3v) is 6.50. The molecule has 1 saturated carbocycles. The molecule has 184 valence electrons. The predicted octanol–water partition coefficient (Wildman–Crippen LogP) is 8.46. The lowest BCUT2D eigenvalue weighted by Crippen LogP contribution is -2.45. The van der Waals surface area contributed by atoms with E-state index < -0.39 is 5.60 Å². The van der Waals surface area contributed by atoms with Gasteiger partial charge in [-0.05, 0) is 82.9 Å². The number of hydrogen-bond acceptors (Lipinski definition) is 2. The molecule has 0 saturated heterocycles. The zero-order valence-corrected chi connectivity index (χ0v) is 21.9. The highest BCUT2D eigenvalue weighted by atomic mass is 16.6. The molecule has 0 atom stereocenters. The van der Waals surface area contributed by atoms with Crippen molar-refractivity contribution in [1.82, 2.24) is 4.90 Å². The maximum Gasteiger partial charge on any atom is 0.410 e. The molecule has 0 bridgehead atoms. The number of hydrogen-bond donors (Lipinski definition) is 0. The SMILES string of the molecule is CCCCCCCCC#Cc1ccc(C2CCC(N(CCC)C(=O)OC(C)(C)C)CC2)cc1. The van der Waals surface area contributed by atoms with E-state index >= 15 is 0 Å². The van der Waals surface area contributed by atoms with E-state index in [1.165, 1.54) is 44.1 Å². The number of unbranched alkanes of at least 4 members (excludes halogenated alkanes) is 6. The molecule has 0 N–H and O–H groups in total. The van der Waals surface area contributed by atoms with Crippen LogP contribution < -0.4 is 0 Å². The van der Waals surface area contributed by atoms with Gasteiger partial charge in [-0.15, -0.1) is 0 Å². The average molecular weight is 454 g/mol. The second-order valence-electron chi connectivity index (χ2n) is 10.6. The Bertz CT molecular complexity index is 742. The van der Waals surface area contributed by atoms with E-state index in [1.54, 1.807) is 0 Å². The molecule has 0 radical (unpaired) electrons. The van der Waals surface area contributed by atoms with Crippen molar-refractivity contribution in [3.05, 3.63) is 35.4 Å². The van der Waals surface area contributed by atoms with E-state index in [1.807, 2.05) is 25.7 Å². The summed E-state index contributed by atoms with van der Waals surface area (Å²) in [5, 5.41) is 0. The molecule has 1 fully saturated rings. The Balaban J connectivity index is 1.81. The van der Waals surface area contributed by atoms with Gasteiger partial charge in [0.1, 0.15) is 5.60 Å². The van der Waals surface area contributed by atoms with Crippen LogP contribution in [-0.2, 0) is 4.74 Å². The fourth-order valence-electron chi connectivity index (χ4n) is 4.70. The van der Waals surface area contributed by atoms with Gasteiger partial charge in [0.05, 0.1) is 0 Å². The average Bonchev–Trinajstić information content (AvgIpc) is 2.78. The summed E-state index contributed by atoms with van der Waals surface area (Å²) in [7, 11) is 0. The Kier molecular flexibility index (Phi) is 11.9. The first kappa shape index (κ1) is 27.3. The third kappa shape index (κ3) is 10.2. The standard InChI is InChI=1S/C30H47NO2/c1-6-8-9-10-11-12-13-14-15-25-16-18-26(19-17-25)27-20-22-28(23-21-27)31(24-7-2)29(32)33-30(3,4)5/h16-19,27-28H,6-13,20-24H2,1-5H3. The van der Waals surface area contributed by atoms with Crippen LogP contribution in [-0.4, -0.2) is 29.2 Å². The summed E-state index contributed by atoms with van der Waals surface area (Å²) in [6, 6.07) is 9.18. The molecule has 1 aliphatic carbocycles. The highest BCUT2D eigenvalue weighted by molar-refractivity contribution is 5.68. The predicted molar refractivity (Wildman–Crippen MR) is 140 cm³/mol. The summed E-state index contributed by atoms with van der Waals surface area (Å²) < 4.78 is 5.67. The van der Waals surface area contributed by atoms with E-state index in [0.717, 1.165) is 50.6 Å². The lowest BCUT2D eigenvalue weighted by atomic mass is 9.81. The van der Waals surface area contributed by atoms with Crippen LogP contribution in [0, 0.1) is 11.8 Å². The van der Waals surface area contributed by atoms with Gasteiger partial charge in [0, 0.05) is 24.6 Å². The van der Waals surface area contributed by atoms with Crippen molar-refractivity contribution in [3.63, 3.8) is 0 Å². The molecule has 1 amide bonds. The minimum Gasteiger partial charge on any atom is -0.444 e. The highest BCUT2D eigenvalue weighted by Gasteiger charge is 2.31. The summed E-state index contributed by atoms with van der Waals surface area (Å²) in [6.07, 6.45) is 14.0. The lowest BCUT2D eigenvalue weighted by molar-refractivity contribution is 0.0115. The van der Waals surface area contributed by atoms with Crippen LogP contribution in [0.4, 0.5) is 4.79 Å². The van der Waals surface area contributed by atoms with E-state index in [4.69, 9.17) is 4.74 Å². The van der Waals surface area contributed by atoms with Crippen molar-refractivity contribution in [2.75, 3.05) is 6.54 Å². The minimum absolute atomic E-state index is 0.156. The van der Waals surface area contributed by atoms with Crippen molar-refractivity contribution in [1.29, 1.82) is 0 Å². The van der Waals surface area contributed by atoms with Gasteiger partial charge in [0.2, 0.25) is 0 Å². The van der Waals surface area contributed by atoms with Gasteiger partial charge in [-0.2, -0.15) is 0 Å². The van der Waals surface area contributed by atoms with Gasteiger partial charge in [0.15, 0.2) is 0 Å². The molecular weight excluding hydrogens is 406 g/mol. The molecular formula is C30H47NO2. The van der Waals surface area contributed by atoms with Crippen LogP contribution in [0.2, 0.25) is 0 Å². The van der Waals surface area contributed by atoms with Crippen LogP contribution in [0.25, 0.3) is 0 Å². The monoisotopic (exact) mass is 453 g/mol. The second-order valence-corrected chi connectivity index (χ2v) is 10.6. The number of carbonyl (C=O) groups excluding carboxylic acids is 1. The maximum atomic E-state index is 12.7. The number of rotatable bonds is 10. The van der Waals surface area contributed by atoms with Crippen molar-refractivity contribution >= 4 is 6.09 Å². The zero-order chi connectivity index (χ0) is 24.1. The Hall–Kier alpha value is -1.95. The molecule has 2 rings (SSSR count). The molecule has 0 aliphatic heterocycles. The van der Waals surface area contributed by atoms with Gasteiger partial charge in [0.25, 0.3) is 0 Å². The van der Waals surface area contributed by atoms with Crippen LogP contribution in [0.15, 0.2) is 24.3 Å². The molecule has 0 spiro atoms. The van der Waals surface area contributed by atoms with Gasteiger partial charge >= 0.3 is 6.09 Å². The normalized spacial score (nSPS) is 18.3. The Morgan fingerprint density at radius 3 is 2.18 bits per heavy atom. The van der Waals surface area contributed by atoms with Crippen LogP contribution in [0.1, 0.15) is 129 Å². The van der Waals surface area contributed by atoms with E-state index in [0.29, 0.717) is 12.0 Å². The topological polar surface area (TPSA) is 29.5 Å². The molecule has 3 nitrogen and oxygen atoms in total. The largest absolute Gasteiger partial charge is 0.444 e. The quantitative estimate of drug-likeness (QED) is 0.263. The molecule has 33 heavy (non-hydrogen) atoms. The minimum atomic E-state index is -0.445. The first-order valence-corrected chi connectivity index (χ1v) is 13.4. The summed E-state index contributed by atoms with van der Waals surface area (Å²) in [4.78, 5) is 14.7. The zero-order valence-electron chi connectivity index (χ0n) is 21.9.